The average molecular weight is 355 g/mol. The van der Waals surface area contributed by atoms with Crippen LogP contribution in [-0.4, -0.2) is 21.0 Å². The number of hydrogen-bond acceptors (Lipinski definition) is 3. The van der Waals surface area contributed by atoms with Crippen molar-refractivity contribution in [3.63, 3.8) is 0 Å². The van der Waals surface area contributed by atoms with Gasteiger partial charge >= 0.3 is 5.97 Å². The summed E-state index contributed by atoms with van der Waals surface area (Å²) in [5.41, 5.74) is 2.84. The summed E-state index contributed by atoms with van der Waals surface area (Å²) in [7, 11) is 0. The molecule has 22 heavy (non-hydrogen) atoms. The number of aromatic nitrogens is 2. The van der Waals surface area contributed by atoms with E-state index in [0.717, 1.165) is 21.3 Å². The summed E-state index contributed by atoms with van der Waals surface area (Å²) in [6.45, 7) is 0. The third-order valence-corrected chi connectivity index (χ3v) is 3.71. The third-order valence-electron chi connectivity index (χ3n) is 3.19. The predicted octanol–water partition coefficient (Wildman–Crippen LogP) is 4.27. The van der Waals surface area contributed by atoms with Crippen LogP contribution in [0.3, 0.4) is 0 Å². The molecule has 0 saturated carbocycles. The molecule has 0 spiro atoms. The van der Waals surface area contributed by atoms with Crippen molar-refractivity contribution in [1.82, 2.24) is 9.97 Å². The Labute approximate surface area is 135 Å². The SMILES string of the molecule is O=C(O)c1ccc(-c2nccc(-c3ccc(Br)cc3)n2)cc1. The minimum Gasteiger partial charge on any atom is -0.478 e. The molecule has 0 bridgehead atoms. The lowest BCUT2D eigenvalue weighted by Gasteiger charge is -2.05. The minimum atomic E-state index is -0.948. The van der Waals surface area contributed by atoms with Gasteiger partial charge in [-0.3, -0.25) is 0 Å². The lowest BCUT2D eigenvalue weighted by atomic mass is 10.1. The molecule has 0 amide bonds. The number of halogens is 1. The van der Waals surface area contributed by atoms with E-state index in [1.54, 1.807) is 30.5 Å². The van der Waals surface area contributed by atoms with Crippen LogP contribution in [0.5, 0.6) is 0 Å². The molecule has 108 valence electrons. The van der Waals surface area contributed by atoms with Gasteiger partial charge in [0.2, 0.25) is 0 Å². The quantitative estimate of drug-likeness (QED) is 0.762. The molecule has 0 aliphatic heterocycles. The largest absolute Gasteiger partial charge is 0.478 e. The zero-order valence-electron chi connectivity index (χ0n) is 11.4. The fraction of sp³-hybridized carbons (Fsp3) is 0. The first-order chi connectivity index (χ1) is 10.6. The zero-order valence-corrected chi connectivity index (χ0v) is 13.0. The van der Waals surface area contributed by atoms with Crippen molar-refractivity contribution in [2.45, 2.75) is 0 Å². The van der Waals surface area contributed by atoms with Crippen LogP contribution in [-0.2, 0) is 0 Å². The lowest BCUT2D eigenvalue weighted by molar-refractivity contribution is 0.0697. The number of hydrogen-bond donors (Lipinski definition) is 1. The topological polar surface area (TPSA) is 63.1 Å². The van der Waals surface area contributed by atoms with Crippen LogP contribution in [0.4, 0.5) is 0 Å². The average Bonchev–Trinajstić information content (AvgIpc) is 2.56. The molecule has 2 aromatic carbocycles. The molecule has 3 aromatic rings. The van der Waals surface area contributed by atoms with Crippen molar-refractivity contribution in [3.05, 3.63) is 70.8 Å². The van der Waals surface area contributed by atoms with Crippen LogP contribution in [0.25, 0.3) is 22.6 Å². The smallest absolute Gasteiger partial charge is 0.335 e. The number of carbonyl (C=O) groups is 1. The highest BCUT2D eigenvalue weighted by atomic mass is 79.9. The number of nitrogens with zero attached hydrogens (tertiary/aromatic N) is 2. The second-order valence-corrected chi connectivity index (χ2v) is 5.57. The number of carboxylic acids is 1. The van der Waals surface area contributed by atoms with Crippen LogP contribution in [0, 0.1) is 0 Å². The van der Waals surface area contributed by atoms with Gasteiger partial charge in [0.15, 0.2) is 5.82 Å². The molecule has 0 fully saturated rings. The highest BCUT2D eigenvalue weighted by molar-refractivity contribution is 9.10. The summed E-state index contributed by atoms with van der Waals surface area (Å²) in [5.74, 6) is -0.381. The predicted molar refractivity (Wildman–Crippen MR) is 87.6 cm³/mol. The summed E-state index contributed by atoms with van der Waals surface area (Å²) in [6.07, 6.45) is 1.70. The minimum absolute atomic E-state index is 0.243. The molecule has 0 radical (unpaired) electrons. The van der Waals surface area contributed by atoms with Crippen LogP contribution in [0.2, 0.25) is 0 Å². The van der Waals surface area contributed by atoms with E-state index in [4.69, 9.17) is 5.11 Å². The molecule has 0 aliphatic carbocycles. The first-order valence-electron chi connectivity index (χ1n) is 6.56. The fourth-order valence-corrected chi connectivity index (χ4v) is 2.31. The maximum Gasteiger partial charge on any atom is 0.335 e. The molecule has 0 unspecified atom stereocenters. The fourth-order valence-electron chi connectivity index (χ4n) is 2.04. The number of benzene rings is 2. The second kappa shape index (κ2) is 6.07. The van der Waals surface area contributed by atoms with Gasteiger partial charge in [0, 0.05) is 21.8 Å². The van der Waals surface area contributed by atoms with E-state index in [9.17, 15) is 4.79 Å². The zero-order chi connectivity index (χ0) is 15.5. The molecule has 0 atom stereocenters. The number of rotatable bonds is 3. The second-order valence-electron chi connectivity index (χ2n) is 4.65. The molecule has 4 nitrogen and oxygen atoms in total. The Bertz CT molecular complexity index is 815. The van der Waals surface area contributed by atoms with E-state index < -0.39 is 5.97 Å². The van der Waals surface area contributed by atoms with Crippen LogP contribution in [0.15, 0.2) is 65.3 Å². The first kappa shape index (κ1) is 14.4. The Kier molecular flexibility index (Phi) is 3.98. The van der Waals surface area contributed by atoms with Gasteiger partial charge in [0.25, 0.3) is 0 Å². The highest BCUT2D eigenvalue weighted by Crippen LogP contribution is 2.22. The molecular weight excluding hydrogens is 344 g/mol. The van der Waals surface area contributed by atoms with Crippen molar-refractivity contribution in [2.24, 2.45) is 0 Å². The van der Waals surface area contributed by atoms with Gasteiger partial charge in [-0.05, 0) is 30.3 Å². The van der Waals surface area contributed by atoms with E-state index in [1.165, 1.54) is 0 Å². The van der Waals surface area contributed by atoms with E-state index in [-0.39, 0.29) is 5.56 Å². The van der Waals surface area contributed by atoms with Crippen LogP contribution >= 0.6 is 15.9 Å². The third kappa shape index (κ3) is 3.04. The lowest BCUT2D eigenvalue weighted by Crippen LogP contribution is -1.96. The molecule has 0 aliphatic rings. The molecule has 3 rings (SSSR count). The molecule has 0 saturated heterocycles. The Morgan fingerprint density at radius 1 is 0.909 bits per heavy atom. The molecule has 1 aromatic heterocycles. The van der Waals surface area contributed by atoms with Crippen molar-refractivity contribution in [1.29, 1.82) is 0 Å². The summed E-state index contributed by atoms with van der Waals surface area (Å²) in [4.78, 5) is 19.7. The number of aromatic carboxylic acids is 1. The Balaban J connectivity index is 1.97. The van der Waals surface area contributed by atoms with Gasteiger partial charge in [0.1, 0.15) is 0 Å². The maximum absolute atomic E-state index is 10.9. The normalized spacial score (nSPS) is 10.4. The number of carboxylic acid groups (broad SMARTS) is 1. The highest BCUT2D eigenvalue weighted by Gasteiger charge is 2.07. The van der Waals surface area contributed by atoms with Crippen LogP contribution in [0.1, 0.15) is 10.4 Å². The van der Waals surface area contributed by atoms with Crippen molar-refractivity contribution >= 4 is 21.9 Å². The van der Waals surface area contributed by atoms with Gasteiger partial charge in [0.05, 0.1) is 11.3 Å². The molecular formula is C17H11BrN2O2. The van der Waals surface area contributed by atoms with E-state index in [0.29, 0.717) is 5.82 Å². The van der Waals surface area contributed by atoms with Crippen molar-refractivity contribution in [2.75, 3.05) is 0 Å². The van der Waals surface area contributed by atoms with E-state index in [1.807, 2.05) is 30.3 Å². The van der Waals surface area contributed by atoms with E-state index >= 15 is 0 Å². The van der Waals surface area contributed by atoms with Gasteiger partial charge in [-0.2, -0.15) is 0 Å². The standard InChI is InChI=1S/C17H11BrN2O2/c18-14-7-5-11(6-8-14)15-9-10-19-16(20-15)12-1-3-13(4-2-12)17(21)22/h1-10H,(H,21,22). The molecule has 5 heteroatoms. The van der Waals surface area contributed by atoms with Crippen molar-refractivity contribution < 1.29 is 9.90 Å². The monoisotopic (exact) mass is 354 g/mol. The Hall–Kier alpha value is -2.53. The summed E-state index contributed by atoms with van der Waals surface area (Å²) >= 11 is 3.41. The Morgan fingerprint density at radius 2 is 1.55 bits per heavy atom. The summed E-state index contributed by atoms with van der Waals surface area (Å²) in [6, 6.07) is 16.2. The van der Waals surface area contributed by atoms with Gasteiger partial charge in [-0.1, -0.05) is 40.2 Å². The van der Waals surface area contributed by atoms with Gasteiger partial charge in [-0.15, -0.1) is 0 Å². The summed E-state index contributed by atoms with van der Waals surface area (Å²) in [5, 5.41) is 8.93. The van der Waals surface area contributed by atoms with Gasteiger partial charge in [-0.25, -0.2) is 14.8 Å². The molecule has 1 N–H and O–H groups in total. The molecule has 1 heterocycles. The van der Waals surface area contributed by atoms with Crippen molar-refractivity contribution in [3.8, 4) is 22.6 Å². The van der Waals surface area contributed by atoms with E-state index in [2.05, 4.69) is 25.9 Å². The first-order valence-corrected chi connectivity index (χ1v) is 7.35. The Morgan fingerprint density at radius 3 is 2.18 bits per heavy atom. The van der Waals surface area contributed by atoms with Gasteiger partial charge < -0.3 is 5.11 Å². The maximum atomic E-state index is 10.9. The summed E-state index contributed by atoms with van der Waals surface area (Å²) < 4.78 is 1.01. The van der Waals surface area contributed by atoms with Crippen LogP contribution < -0.4 is 0 Å².